The second kappa shape index (κ2) is 11.0. The first-order valence-corrected chi connectivity index (χ1v) is 11.2. The van der Waals surface area contributed by atoms with Crippen LogP contribution in [0.15, 0.2) is 72.3 Å². The van der Waals surface area contributed by atoms with Gasteiger partial charge < -0.3 is 0 Å². The monoisotopic (exact) mass is 388 g/mol. The van der Waals surface area contributed by atoms with Gasteiger partial charge in [0.15, 0.2) is 0 Å². The van der Waals surface area contributed by atoms with Crippen molar-refractivity contribution in [2.45, 2.75) is 65.2 Å². The molecule has 0 saturated carbocycles. The molecule has 0 radical (unpaired) electrons. The number of rotatable bonds is 9. The van der Waals surface area contributed by atoms with Crippen LogP contribution >= 0.6 is 0 Å². The highest BCUT2D eigenvalue weighted by Gasteiger charge is 2.09. The second-order valence-corrected chi connectivity index (χ2v) is 7.96. The molecule has 0 amide bonds. The van der Waals surface area contributed by atoms with Crippen LogP contribution in [-0.4, -0.2) is 0 Å². The first-order valence-electron chi connectivity index (χ1n) is 11.2. The van der Waals surface area contributed by atoms with E-state index in [1.165, 1.54) is 36.8 Å². The molecule has 2 aromatic rings. The number of hydrogen-bond acceptors (Lipinski definition) is 0. The van der Waals surface area contributed by atoms with Gasteiger partial charge in [0, 0.05) is 5.56 Å². The normalized spacial score (nSPS) is 13.8. The van der Waals surface area contributed by atoms with Gasteiger partial charge in [0.1, 0.15) is 5.82 Å². The Morgan fingerprint density at radius 1 is 0.759 bits per heavy atom. The van der Waals surface area contributed by atoms with Gasteiger partial charge in [0.25, 0.3) is 0 Å². The van der Waals surface area contributed by atoms with Crippen molar-refractivity contribution in [3.05, 3.63) is 89.3 Å². The third-order valence-corrected chi connectivity index (χ3v) is 5.62. The molecule has 1 aliphatic rings. The molecule has 0 bridgehead atoms. The van der Waals surface area contributed by atoms with E-state index < -0.39 is 0 Å². The Morgan fingerprint density at radius 3 is 2.28 bits per heavy atom. The zero-order valence-electron chi connectivity index (χ0n) is 17.9. The van der Waals surface area contributed by atoms with Crippen molar-refractivity contribution < 1.29 is 4.39 Å². The van der Waals surface area contributed by atoms with Crippen LogP contribution in [0.4, 0.5) is 4.39 Å². The maximum atomic E-state index is 14.9. The molecule has 0 nitrogen and oxygen atoms in total. The minimum absolute atomic E-state index is 0.156. The number of hydrogen-bond donors (Lipinski definition) is 0. The summed E-state index contributed by atoms with van der Waals surface area (Å²) in [6.45, 7) is 4.42. The van der Waals surface area contributed by atoms with Crippen LogP contribution in [0.1, 0.15) is 69.9 Å². The van der Waals surface area contributed by atoms with Gasteiger partial charge in [0.05, 0.1) is 0 Å². The van der Waals surface area contributed by atoms with E-state index in [0.717, 1.165) is 42.4 Å². The maximum absolute atomic E-state index is 14.9. The van der Waals surface area contributed by atoms with Crippen molar-refractivity contribution in [3.63, 3.8) is 0 Å². The molecule has 0 heterocycles. The van der Waals surface area contributed by atoms with Crippen molar-refractivity contribution in [3.8, 4) is 11.1 Å². The van der Waals surface area contributed by atoms with Gasteiger partial charge in [-0.2, -0.15) is 0 Å². The third kappa shape index (κ3) is 6.03. The molecule has 3 rings (SSSR count). The summed E-state index contributed by atoms with van der Waals surface area (Å²) >= 11 is 0. The van der Waals surface area contributed by atoms with Crippen LogP contribution in [0.5, 0.6) is 0 Å². The molecule has 0 aromatic heterocycles. The number of halogens is 1. The van der Waals surface area contributed by atoms with Crippen LogP contribution < -0.4 is 0 Å². The van der Waals surface area contributed by atoms with Crippen molar-refractivity contribution >= 4 is 5.57 Å². The summed E-state index contributed by atoms with van der Waals surface area (Å²) in [4.78, 5) is 0. The van der Waals surface area contributed by atoms with Crippen molar-refractivity contribution in [1.29, 1.82) is 0 Å². The lowest BCUT2D eigenvalue weighted by molar-refractivity contribution is 0.631. The van der Waals surface area contributed by atoms with Crippen molar-refractivity contribution in [2.24, 2.45) is 0 Å². The Kier molecular flexibility index (Phi) is 8.04. The highest BCUT2D eigenvalue weighted by atomic mass is 19.1. The molecule has 29 heavy (non-hydrogen) atoms. The highest BCUT2D eigenvalue weighted by molar-refractivity contribution is 5.77. The van der Waals surface area contributed by atoms with Gasteiger partial charge in [0.2, 0.25) is 0 Å². The topological polar surface area (TPSA) is 0 Å². The first-order chi connectivity index (χ1) is 14.2. The molecule has 0 N–H and O–H groups in total. The average Bonchev–Trinajstić information content (AvgIpc) is 2.98. The Balaban J connectivity index is 1.69. The summed E-state index contributed by atoms with van der Waals surface area (Å²) in [5, 5.41) is 0. The fourth-order valence-corrected chi connectivity index (χ4v) is 3.89. The largest absolute Gasteiger partial charge is 0.206 e. The Hall–Kier alpha value is -2.41. The summed E-state index contributed by atoms with van der Waals surface area (Å²) in [6.07, 6.45) is 18.2. The molecule has 0 saturated heterocycles. The molecule has 0 fully saturated rings. The van der Waals surface area contributed by atoms with E-state index in [1.54, 1.807) is 6.07 Å². The lowest BCUT2D eigenvalue weighted by Gasteiger charge is -2.08. The number of benzene rings is 2. The van der Waals surface area contributed by atoms with E-state index in [0.29, 0.717) is 5.56 Å². The van der Waals surface area contributed by atoms with Gasteiger partial charge in [-0.25, -0.2) is 4.39 Å². The van der Waals surface area contributed by atoms with Crippen LogP contribution in [-0.2, 0) is 6.42 Å². The number of unbranched alkanes of at least 4 members (excludes halogenated alkanes) is 3. The second-order valence-electron chi connectivity index (χ2n) is 7.96. The fraction of sp³-hybridized carbons (Fsp3) is 0.357. The zero-order chi connectivity index (χ0) is 20.5. The lowest BCUT2D eigenvalue weighted by atomic mass is 9.97. The van der Waals surface area contributed by atoms with Crippen LogP contribution in [0.2, 0.25) is 0 Å². The van der Waals surface area contributed by atoms with E-state index in [-0.39, 0.29) is 5.82 Å². The average molecular weight is 389 g/mol. The minimum Gasteiger partial charge on any atom is -0.206 e. The maximum Gasteiger partial charge on any atom is 0.131 e. The first kappa shape index (κ1) is 21.3. The van der Waals surface area contributed by atoms with E-state index in [9.17, 15) is 4.39 Å². The molecular formula is C28H33F. The predicted octanol–water partition coefficient (Wildman–Crippen LogP) is 8.69. The minimum atomic E-state index is -0.156. The Labute approximate surface area is 175 Å². The highest BCUT2D eigenvalue weighted by Crippen LogP contribution is 2.29. The van der Waals surface area contributed by atoms with Crippen LogP contribution in [0.3, 0.4) is 0 Å². The number of allylic oxidation sites excluding steroid dienone is 6. The van der Waals surface area contributed by atoms with E-state index in [4.69, 9.17) is 0 Å². The Morgan fingerprint density at radius 2 is 1.55 bits per heavy atom. The van der Waals surface area contributed by atoms with Gasteiger partial charge in [-0.05, 0) is 54.0 Å². The molecular weight excluding hydrogens is 355 g/mol. The summed E-state index contributed by atoms with van der Waals surface area (Å²) in [7, 11) is 0. The van der Waals surface area contributed by atoms with E-state index >= 15 is 0 Å². The van der Waals surface area contributed by atoms with Gasteiger partial charge in [-0.15, -0.1) is 0 Å². The summed E-state index contributed by atoms with van der Waals surface area (Å²) in [5.41, 5.74) is 6.37. The molecule has 152 valence electrons. The molecule has 1 heteroatoms. The summed E-state index contributed by atoms with van der Waals surface area (Å²) in [6, 6.07) is 13.9. The summed E-state index contributed by atoms with van der Waals surface area (Å²) in [5.74, 6) is -0.156. The standard InChI is InChI=1S/C28H33F/c1-3-5-6-7-10-23-11-8-12-24(16-13-23)26-19-20-27(28(29)21-26)25-17-14-22(9-4-2)15-18-25/h11-21H,3-10H2,1-2H3. The van der Waals surface area contributed by atoms with Crippen molar-refractivity contribution in [1.82, 2.24) is 0 Å². The molecule has 0 aliphatic heterocycles. The quantitative estimate of drug-likeness (QED) is 0.377. The van der Waals surface area contributed by atoms with E-state index in [1.807, 2.05) is 24.3 Å². The van der Waals surface area contributed by atoms with Gasteiger partial charge in [-0.3, -0.25) is 0 Å². The number of aryl methyl sites for hydroxylation is 1. The van der Waals surface area contributed by atoms with Crippen molar-refractivity contribution in [2.75, 3.05) is 0 Å². The summed E-state index contributed by atoms with van der Waals surface area (Å²) < 4.78 is 14.9. The zero-order valence-corrected chi connectivity index (χ0v) is 17.9. The lowest BCUT2D eigenvalue weighted by Crippen LogP contribution is -1.90. The SMILES string of the molecule is CCCCCCC1=CCC=C(c2ccc(-c3ccc(CCC)cc3)c(F)c2)C=C1. The molecule has 2 aromatic carbocycles. The van der Waals surface area contributed by atoms with Gasteiger partial charge in [-0.1, -0.05) is 106 Å². The molecule has 0 unspecified atom stereocenters. The molecule has 0 atom stereocenters. The van der Waals surface area contributed by atoms with Gasteiger partial charge >= 0.3 is 0 Å². The Bertz CT molecular complexity index is 881. The third-order valence-electron chi connectivity index (χ3n) is 5.62. The molecule has 0 spiro atoms. The smallest absolute Gasteiger partial charge is 0.131 e. The fourth-order valence-electron chi connectivity index (χ4n) is 3.89. The van der Waals surface area contributed by atoms with Crippen LogP contribution in [0, 0.1) is 5.82 Å². The van der Waals surface area contributed by atoms with E-state index in [2.05, 4.69) is 50.3 Å². The predicted molar refractivity (Wildman–Crippen MR) is 124 cm³/mol. The molecule has 1 aliphatic carbocycles. The van der Waals surface area contributed by atoms with Crippen LogP contribution in [0.25, 0.3) is 16.7 Å².